The van der Waals surface area contributed by atoms with Crippen LogP contribution in [0.1, 0.15) is 29.8 Å². The largest absolute Gasteiger partial charge is 0.350 e. The summed E-state index contributed by atoms with van der Waals surface area (Å²) in [6.45, 7) is 6.54. The van der Waals surface area contributed by atoms with E-state index in [9.17, 15) is 9.59 Å². The smallest absolute Gasteiger partial charge is 0.261 e. The molecule has 146 valence electrons. The predicted molar refractivity (Wildman–Crippen MR) is 114 cm³/mol. The van der Waals surface area contributed by atoms with E-state index in [0.717, 1.165) is 30.4 Å². The van der Waals surface area contributed by atoms with Gasteiger partial charge in [-0.2, -0.15) is 0 Å². The number of nitrogens with zero attached hydrogens (tertiary/aromatic N) is 1. The third-order valence-electron chi connectivity index (χ3n) is 5.14. The van der Waals surface area contributed by atoms with Gasteiger partial charge in [-0.1, -0.05) is 62.4 Å². The maximum atomic E-state index is 12.7. The average molecular weight is 377 g/mol. The predicted octanol–water partition coefficient (Wildman–Crippen LogP) is 3.21. The summed E-state index contributed by atoms with van der Waals surface area (Å²) < 4.78 is 0. The number of benzene rings is 2. The van der Waals surface area contributed by atoms with Gasteiger partial charge in [-0.05, 0) is 42.6 Å². The average Bonchev–Trinajstić information content (AvgIpc) is 2.72. The molecular formula is C23H27N3O2. The molecule has 1 heterocycles. The number of hydrogen-bond donors (Lipinski definition) is 2. The van der Waals surface area contributed by atoms with E-state index in [1.54, 1.807) is 6.07 Å². The van der Waals surface area contributed by atoms with E-state index in [1.165, 1.54) is 5.56 Å². The number of rotatable bonds is 8. The third-order valence-corrected chi connectivity index (χ3v) is 5.14. The van der Waals surface area contributed by atoms with Crippen LogP contribution in [-0.4, -0.2) is 41.5 Å². The van der Waals surface area contributed by atoms with Gasteiger partial charge in [0.15, 0.2) is 0 Å². The van der Waals surface area contributed by atoms with Crippen LogP contribution in [0.15, 0.2) is 65.5 Å². The molecular weight excluding hydrogens is 350 g/mol. The normalized spacial score (nSPS) is 12.2. The van der Waals surface area contributed by atoms with Gasteiger partial charge in [-0.3, -0.25) is 14.5 Å². The van der Waals surface area contributed by atoms with E-state index in [0.29, 0.717) is 6.54 Å². The van der Waals surface area contributed by atoms with Crippen molar-refractivity contribution >= 4 is 16.8 Å². The zero-order chi connectivity index (χ0) is 19.9. The molecule has 0 spiro atoms. The molecule has 1 atom stereocenters. The Morgan fingerprint density at radius 3 is 2.43 bits per heavy atom. The first kappa shape index (κ1) is 19.8. The number of carbonyl (C=O) groups is 1. The standard InChI is InChI=1S/C23H27N3O2/c1-3-26(4-2)19(14-17-10-6-5-7-11-17)16-24-22(27)20-15-18-12-8-9-13-21(18)25-23(20)28/h5-13,15,19H,3-4,14,16H2,1-2H3,(H,24,27)(H,25,28)/t19-/m1/s1. The van der Waals surface area contributed by atoms with E-state index in [-0.39, 0.29) is 23.1 Å². The summed E-state index contributed by atoms with van der Waals surface area (Å²) in [4.78, 5) is 30.2. The Labute approximate surface area is 165 Å². The molecule has 0 fully saturated rings. The number of aromatic nitrogens is 1. The lowest BCUT2D eigenvalue weighted by Crippen LogP contribution is -2.45. The van der Waals surface area contributed by atoms with Gasteiger partial charge in [0, 0.05) is 18.1 Å². The first-order chi connectivity index (χ1) is 13.6. The summed E-state index contributed by atoms with van der Waals surface area (Å²) in [7, 11) is 0. The fourth-order valence-electron chi connectivity index (χ4n) is 3.58. The highest BCUT2D eigenvalue weighted by Crippen LogP contribution is 2.11. The SMILES string of the molecule is CCN(CC)[C@@H](CNC(=O)c1cc2ccccc2[nH]c1=O)Cc1ccccc1. The topological polar surface area (TPSA) is 65.2 Å². The van der Waals surface area contributed by atoms with Gasteiger partial charge in [0.25, 0.3) is 11.5 Å². The Morgan fingerprint density at radius 2 is 1.71 bits per heavy atom. The summed E-state index contributed by atoms with van der Waals surface area (Å²) in [6.07, 6.45) is 0.844. The molecule has 5 heteroatoms. The Morgan fingerprint density at radius 1 is 1.04 bits per heavy atom. The molecule has 0 unspecified atom stereocenters. The Kier molecular flexibility index (Phi) is 6.61. The van der Waals surface area contributed by atoms with Crippen LogP contribution >= 0.6 is 0 Å². The lowest BCUT2D eigenvalue weighted by molar-refractivity contribution is 0.0933. The van der Waals surface area contributed by atoms with Crippen molar-refractivity contribution in [3.8, 4) is 0 Å². The van der Waals surface area contributed by atoms with Gasteiger partial charge in [-0.25, -0.2) is 0 Å². The maximum absolute atomic E-state index is 12.7. The van der Waals surface area contributed by atoms with Crippen molar-refractivity contribution in [2.24, 2.45) is 0 Å². The van der Waals surface area contributed by atoms with Crippen LogP contribution < -0.4 is 10.9 Å². The van der Waals surface area contributed by atoms with Gasteiger partial charge in [0.05, 0.1) is 0 Å². The van der Waals surface area contributed by atoms with Crippen molar-refractivity contribution in [2.45, 2.75) is 26.3 Å². The second kappa shape index (κ2) is 9.33. The molecule has 0 radical (unpaired) electrons. The highest BCUT2D eigenvalue weighted by molar-refractivity contribution is 5.97. The Hall–Kier alpha value is -2.92. The highest BCUT2D eigenvalue weighted by Gasteiger charge is 2.19. The first-order valence-electron chi connectivity index (χ1n) is 9.80. The number of likely N-dealkylation sites (N-methyl/N-ethyl adjacent to an activating group) is 1. The lowest BCUT2D eigenvalue weighted by atomic mass is 10.0. The summed E-state index contributed by atoms with van der Waals surface area (Å²) in [6, 6.07) is 19.6. The van der Waals surface area contributed by atoms with Crippen molar-refractivity contribution in [3.05, 3.63) is 82.1 Å². The Bertz CT molecular complexity index is 978. The first-order valence-corrected chi connectivity index (χ1v) is 9.80. The molecule has 3 aromatic rings. The van der Waals surface area contributed by atoms with Crippen LogP contribution in [0, 0.1) is 0 Å². The molecule has 1 amide bonds. The van der Waals surface area contributed by atoms with Crippen LogP contribution in [-0.2, 0) is 6.42 Å². The minimum absolute atomic E-state index is 0.150. The van der Waals surface area contributed by atoms with Crippen molar-refractivity contribution in [1.82, 2.24) is 15.2 Å². The molecule has 5 nitrogen and oxygen atoms in total. The van der Waals surface area contributed by atoms with E-state index >= 15 is 0 Å². The highest BCUT2D eigenvalue weighted by atomic mass is 16.2. The molecule has 3 rings (SSSR count). The van der Waals surface area contributed by atoms with E-state index in [4.69, 9.17) is 0 Å². The van der Waals surface area contributed by atoms with Crippen LogP contribution in [0.5, 0.6) is 0 Å². The van der Waals surface area contributed by atoms with Crippen LogP contribution in [0.25, 0.3) is 10.9 Å². The molecule has 0 saturated carbocycles. The summed E-state index contributed by atoms with van der Waals surface area (Å²) in [5, 5.41) is 3.82. The molecule has 0 aliphatic carbocycles. The van der Waals surface area contributed by atoms with Crippen molar-refractivity contribution < 1.29 is 4.79 Å². The number of nitrogens with one attached hydrogen (secondary N) is 2. The Balaban J connectivity index is 1.76. The minimum Gasteiger partial charge on any atom is -0.350 e. The number of pyridine rings is 1. The van der Waals surface area contributed by atoms with Gasteiger partial charge in [0.1, 0.15) is 5.56 Å². The summed E-state index contributed by atoms with van der Waals surface area (Å²) in [5.41, 5.74) is 1.75. The molecule has 28 heavy (non-hydrogen) atoms. The number of para-hydroxylation sites is 1. The molecule has 0 bridgehead atoms. The van der Waals surface area contributed by atoms with Crippen LogP contribution in [0.2, 0.25) is 0 Å². The number of H-pyrrole nitrogens is 1. The zero-order valence-corrected chi connectivity index (χ0v) is 16.4. The lowest BCUT2D eigenvalue weighted by Gasteiger charge is -2.30. The summed E-state index contributed by atoms with van der Waals surface area (Å²) >= 11 is 0. The quantitative estimate of drug-likeness (QED) is 0.634. The molecule has 2 aromatic carbocycles. The van der Waals surface area contributed by atoms with Crippen molar-refractivity contribution in [3.63, 3.8) is 0 Å². The van der Waals surface area contributed by atoms with Crippen LogP contribution in [0.4, 0.5) is 0 Å². The number of amides is 1. The summed E-state index contributed by atoms with van der Waals surface area (Å²) in [5.74, 6) is -0.336. The number of aromatic amines is 1. The van der Waals surface area contributed by atoms with Crippen LogP contribution in [0.3, 0.4) is 0 Å². The molecule has 1 aromatic heterocycles. The molecule has 2 N–H and O–H groups in total. The second-order valence-electron chi connectivity index (χ2n) is 6.87. The minimum atomic E-state index is -0.362. The van der Waals surface area contributed by atoms with E-state index < -0.39 is 0 Å². The van der Waals surface area contributed by atoms with E-state index in [1.807, 2.05) is 42.5 Å². The molecule has 0 aliphatic heterocycles. The van der Waals surface area contributed by atoms with Crippen molar-refractivity contribution in [1.29, 1.82) is 0 Å². The molecule has 0 saturated heterocycles. The monoisotopic (exact) mass is 377 g/mol. The number of carbonyl (C=O) groups excluding carboxylic acids is 1. The van der Waals surface area contributed by atoms with Crippen molar-refractivity contribution in [2.75, 3.05) is 19.6 Å². The zero-order valence-electron chi connectivity index (χ0n) is 16.4. The number of fused-ring (bicyclic) bond motifs is 1. The fraction of sp³-hybridized carbons (Fsp3) is 0.304. The van der Waals surface area contributed by atoms with Gasteiger partial charge >= 0.3 is 0 Å². The fourth-order valence-corrected chi connectivity index (χ4v) is 3.58. The maximum Gasteiger partial charge on any atom is 0.261 e. The van der Waals surface area contributed by atoms with Gasteiger partial charge in [-0.15, -0.1) is 0 Å². The molecule has 0 aliphatic rings. The number of hydrogen-bond acceptors (Lipinski definition) is 3. The second-order valence-corrected chi connectivity index (χ2v) is 6.87. The van der Waals surface area contributed by atoms with Gasteiger partial charge in [0.2, 0.25) is 0 Å². The van der Waals surface area contributed by atoms with Gasteiger partial charge < -0.3 is 10.3 Å². The third kappa shape index (κ3) is 4.67. The van der Waals surface area contributed by atoms with E-state index in [2.05, 4.69) is 41.2 Å².